The van der Waals surface area contributed by atoms with E-state index in [9.17, 15) is 4.79 Å². The summed E-state index contributed by atoms with van der Waals surface area (Å²) in [5, 5.41) is 0. The third-order valence-electron chi connectivity index (χ3n) is 2.55. The molecule has 0 amide bonds. The monoisotopic (exact) mass is 290 g/mol. The molecule has 0 radical (unpaired) electrons. The second kappa shape index (κ2) is 7.76. The van der Waals surface area contributed by atoms with Gasteiger partial charge in [-0.1, -0.05) is 55.9 Å². The molecule has 1 aromatic rings. The van der Waals surface area contributed by atoms with E-state index in [0.29, 0.717) is 6.42 Å². The third-order valence-corrected chi connectivity index (χ3v) is 3.45. The van der Waals surface area contributed by atoms with Crippen LogP contribution in [-0.2, 0) is 15.9 Å². The van der Waals surface area contributed by atoms with Crippen LogP contribution < -0.4 is 0 Å². The lowest BCUT2D eigenvalue weighted by atomic mass is 10.1. The Bertz CT molecular complexity index is 480. The molecular weight excluding hydrogens is 268 g/mol. The molecule has 4 heteroatoms. The maximum Gasteiger partial charge on any atom is 0.509 e. The van der Waals surface area contributed by atoms with Crippen molar-refractivity contribution < 1.29 is 14.3 Å². The van der Waals surface area contributed by atoms with Gasteiger partial charge in [-0.3, -0.25) is 0 Å². The van der Waals surface area contributed by atoms with Gasteiger partial charge < -0.3 is 9.47 Å². The van der Waals surface area contributed by atoms with E-state index in [1.807, 2.05) is 18.2 Å². The van der Waals surface area contributed by atoms with Crippen molar-refractivity contribution in [3.05, 3.63) is 35.9 Å². The molecule has 0 aliphatic rings. The van der Waals surface area contributed by atoms with Crippen LogP contribution in [0.2, 0.25) is 19.6 Å². The van der Waals surface area contributed by atoms with Crippen LogP contribution in [-0.4, -0.2) is 27.4 Å². The van der Waals surface area contributed by atoms with Gasteiger partial charge in [0.25, 0.3) is 0 Å². The lowest BCUT2D eigenvalue weighted by molar-refractivity contribution is 0.0530. The molecule has 3 nitrogen and oxygen atoms in total. The van der Waals surface area contributed by atoms with E-state index in [1.165, 1.54) is 12.7 Å². The molecule has 1 aromatic carbocycles. The fourth-order valence-corrected chi connectivity index (χ4v) is 2.16. The summed E-state index contributed by atoms with van der Waals surface area (Å²) in [6.45, 7) is 6.48. The van der Waals surface area contributed by atoms with Crippen LogP contribution in [0.5, 0.6) is 0 Å². The lowest BCUT2D eigenvalue weighted by Crippen LogP contribution is -2.21. The molecular formula is C16H22O3Si. The average molecular weight is 290 g/mol. The highest BCUT2D eigenvalue weighted by Gasteiger charge is 2.14. The molecule has 0 aromatic heterocycles. The highest BCUT2D eigenvalue weighted by atomic mass is 28.3. The first-order valence-corrected chi connectivity index (χ1v) is 10.2. The third kappa shape index (κ3) is 7.00. The van der Waals surface area contributed by atoms with E-state index in [4.69, 9.17) is 4.74 Å². The van der Waals surface area contributed by atoms with Crippen LogP contribution in [0.1, 0.15) is 12.0 Å². The van der Waals surface area contributed by atoms with Gasteiger partial charge in [0.05, 0.1) is 7.11 Å². The minimum Gasteiger partial charge on any atom is -0.438 e. The summed E-state index contributed by atoms with van der Waals surface area (Å²) in [7, 11) is -0.175. The number of ether oxygens (including phenoxy) is 2. The zero-order valence-electron chi connectivity index (χ0n) is 12.6. The van der Waals surface area contributed by atoms with E-state index in [0.717, 1.165) is 6.42 Å². The number of hydrogen-bond donors (Lipinski definition) is 0. The quantitative estimate of drug-likeness (QED) is 0.482. The number of rotatable bonds is 4. The van der Waals surface area contributed by atoms with Gasteiger partial charge in [0.15, 0.2) is 6.10 Å². The Morgan fingerprint density at radius 3 is 2.45 bits per heavy atom. The van der Waals surface area contributed by atoms with Crippen molar-refractivity contribution in [1.29, 1.82) is 0 Å². The van der Waals surface area contributed by atoms with Gasteiger partial charge in [-0.15, -0.1) is 5.54 Å². The second-order valence-electron chi connectivity index (χ2n) is 5.60. The van der Waals surface area contributed by atoms with Crippen LogP contribution in [0, 0.1) is 11.5 Å². The molecule has 0 aliphatic heterocycles. The van der Waals surface area contributed by atoms with Crippen LogP contribution in [0.15, 0.2) is 30.3 Å². The molecule has 0 fully saturated rings. The number of benzene rings is 1. The highest BCUT2D eigenvalue weighted by molar-refractivity contribution is 6.83. The van der Waals surface area contributed by atoms with Crippen LogP contribution in [0.4, 0.5) is 4.79 Å². The predicted molar refractivity (Wildman–Crippen MR) is 83.2 cm³/mol. The number of methoxy groups -OCH3 is 1. The van der Waals surface area contributed by atoms with E-state index >= 15 is 0 Å². The molecule has 108 valence electrons. The predicted octanol–water partition coefficient (Wildman–Crippen LogP) is 3.65. The first-order chi connectivity index (χ1) is 9.40. The van der Waals surface area contributed by atoms with E-state index < -0.39 is 20.3 Å². The number of aryl methyl sites for hydroxylation is 1. The van der Waals surface area contributed by atoms with Gasteiger partial charge in [0.2, 0.25) is 0 Å². The maximum absolute atomic E-state index is 11.3. The average Bonchev–Trinajstić information content (AvgIpc) is 2.41. The summed E-state index contributed by atoms with van der Waals surface area (Å²) in [5.74, 6) is 3.08. The molecule has 0 bridgehead atoms. The summed E-state index contributed by atoms with van der Waals surface area (Å²) in [5.41, 5.74) is 4.45. The summed E-state index contributed by atoms with van der Waals surface area (Å²) >= 11 is 0. The van der Waals surface area contributed by atoms with Gasteiger partial charge in [0, 0.05) is 6.42 Å². The van der Waals surface area contributed by atoms with Crippen LogP contribution in [0.25, 0.3) is 0 Å². The Morgan fingerprint density at radius 1 is 1.25 bits per heavy atom. The minimum atomic E-state index is -1.48. The minimum absolute atomic E-state index is 0.408. The van der Waals surface area contributed by atoms with Crippen molar-refractivity contribution in [1.82, 2.24) is 0 Å². The molecule has 0 spiro atoms. The SMILES string of the molecule is COC(=O)OC(C#C[Si](C)(C)C)CCc1ccccc1. The van der Waals surface area contributed by atoms with Crippen molar-refractivity contribution in [2.24, 2.45) is 0 Å². The Morgan fingerprint density at radius 2 is 1.90 bits per heavy atom. The maximum atomic E-state index is 11.3. The van der Waals surface area contributed by atoms with Gasteiger partial charge in [0.1, 0.15) is 8.07 Å². The first-order valence-electron chi connectivity index (χ1n) is 6.72. The summed E-state index contributed by atoms with van der Waals surface area (Å²) in [6, 6.07) is 10.1. The molecule has 1 rings (SSSR count). The van der Waals surface area contributed by atoms with Crippen LogP contribution >= 0.6 is 0 Å². The Labute approximate surface area is 122 Å². The van der Waals surface area contributed by atoms with E-state index in [2.05, 4.69) is 48.0 Å². The zero-order valence-corrected chi connectivity index (χ0v) is 13.6. The summed E-state index contributed by atoms with van der Waals surface area (Å²) in [6.07, 6.45) is 0.418. The molecule has 0 saturated carbocycles. The fourth-order valence-electron chi connectivity index (χ4n) is 1.56. The Balaban J connectivity index is 2.67. The first kappa shape index (κ1) is 16.3. The molecule has 1 unspecified atom stereocenters. The van der Waals surface area contributed by atoms with Gasteiger partial charge in [-0.2, -0.15) is 0 Å². The summed E-state index contributed by atoms with van der Waals surface area (Å²) < 4.78 is 9.75. The summed E-state index contributed by atoms with van der Waals surface area (Å²) in [4.78, 5) is 11.3. The number of hydrogen-bond acceptors (Lipinski definition) is 3. The van der Waals surface area contributed by atoms with Gasteiger partial charge >= 0.3 is 6.16 Å². The topological polar surface area (TPSA) is 35.5 Å². The highest BCUT2D eigenvalue weighted by Crippen LogP contribution is 2.08. The zero-order chi connectivity index (χ0) is 15.0. The molecule has 1 atom stereocenters. The molecule has 0 saturated heterocycles. The van der Waals surface area contributed by atoms with Crippen molar-refractivity contribution >= 4 is 14.2 Å². The second-order valence-corrected chi connectivity index (χ2v) is 10.4. The molecule has 0 heterocycles. The number of carbonyl (C=O) groups excluding carboxylic acids is 1. The largest absolute Gasteiger partial charge is 0.509 e. The number of carbonyl (C=O) groups is 1. The molecule has 0 N–H and O–H groups in total. The molecule has 20 heavy (non-hydrogen) atoms. The smallest absolute Gasteiger partial charge is 0.438 e. The fraction of sp³-hybridized carbons (Fsp3) is 0.438. The Kier molecular flexibility index (Phi) is 6.33. The van der Waals surface area contributed by atoms with E-state index in [-0.39, 0.29) is 0 Å². The van der Waals surface area contributed by atoms with Crippen molar-refractivity contribution in [2.45, 2.75) is 38.6 Å². The standard InChI is InChI=1S/C16H22O3Si/c1-18-16(17)19-15(12-13-20(2,3)4)11-10-14-8-6-5-7-9-14/h5-9,15H,10-11H2,1-4H3. The van der Waals surface area contributed by atoms with E-state index in [1.54, 1.807) is 0 Å². The normalized spacial score (nSPS) is 12.0. The Hall–Kier alpha value is -1.73. The van der Waals surface area contributed by atoms with Crippen molar-refractivity contribution in [2.75, 3.05) is 7.11 Å². The lowest BCUT2D eigenvalue weighted by Gasteiger charge is -2.12. The van der Waals surface area contributed by atoms with Crippen molar-refractivity contribution in [3.8, 4) is 11.5 Å². The molecule has 0 aliphatic carbocycles. The van der Waals surface area contributed by atoms with Crippen LogP contribution in [0.3, 0.4) is 0 Å². The van der Waals surface area contributed by atoms with Gasteiger partial charge in [-0.25, -0.2) is 4.79 Å². The van der Waals surface area contributed by atoms with Gasteiger partial charge in [-0.05, 0) is 12.0 Å². The van der Waals surface area contributed by atoms with Crippen molar-refractivity contribution in [3.63, 3.8) is 0 Å².